The second-order valence-electron chi connectivity index (χ2n) is 7.38. The monoisotopic (exact) mass is 401 g/mol. The third-order valence-corrected chi connectivity index (χ3v) is 5.45. The first-order valence-corrected chi connectivity index (χ1v) is 9.82. The zero-order chi connectivity index (χ0) is 20.1. The maximum Gasteiger partial charge on any atom is 0.270 e. The molecule has 1 fully saturated rings. The van der Waals surface area contributed by atoms with Gasteiger partial charge in [0.2, 0.25) is 0 Å². The fourth-order valence-electron chi connectivity index (χ4n) is 3.40. The van der Waals surface area contributed by atoms with Gasteiger partial charge in [0.25, 0.3) is 11.6 Å². The van der Waals surface area contributed by atoms with E-state index in [1.165, 1.54) is 36.6 Å². The van der Waals surface area contributed by atoms with Crippen LogP contribution < -0.4 is 5.32 Å². The largest absolute Gasteiger partial charge is 0.348 e. The molecule has 0 spiro atoms. The molecule has 0 radical (unpaired) electrons. The molecule has 1 aliphatic rings. The third-order valence-electron chi connectivity index (χ3n) is 5.14. The number of nitrogens with one attached hydrogen (secondary N) is 1. The molecule has 1 heterocycles. The van der Waals surface area contributed by atoms with Crippen LogP contribution in [-0.4, -0.2) is 28.8 Å². The molecule has 7 heteroatoms. The predicted octanol–water partition coefficient (Wildman–Crippen LogP) is 4.41. The number of nitro benzene ring substituents is 1. The van der Waals surface area contributed by atoms with E-state index in [1.54, 1.807) is 0 Å². The molecule has 1 aliphatic heterocycles. The highest BCUT2D eigenvalue weighted by atomic mass is 35.5. The third kappa shape index (κ3) is 5.30. The van der Waals surface area contributed by atoms with Crippen LogP contribution in [-0.2, 0) is 13.1 Å². The Balaban J connectivity index is 1.58. The van der Waals surface area contributed by atoms with E-state index >= 15 is 0 Å². The van der Waals surface area contributed by atoms with E-state index in [2.05, 4.69) is 29.3 Å². The summed E-state index contributed by atoms with van der Waals surface area (Å²) in [5.41, 5.74) is 2.33. The molecule has 6 nitrogen and oxygen atoms in total. The molecule has 3 rings (SSSR count). The number of rotatable bonds is 6. The molecule has 1 saturated heterocycles. The average Bonchev–Trinajstić information content (AvgIpc) is 2.68. The predicted molar refractivity (Wildman–Crippen MR) is 109 cm³/mol. The Hall–Kier alpha value is -2.44. The highest BCUT2D eigenvalue weighted by Crippen LogP contribution is 2.22. The minimum absolute atomic E-state index is 0.0692. The second kappa shape index (κ2) is 9.17. The number of halogens is 1. The molecule has 28 heavy (non-hydrogen) atoms. The van der Waals surface area contributed by atoms with E-state index in [1.807, 2.05) is 12.1 Å². The van der Waals surface area contributed by atoms with E-state index in [9.17, 15) is 14.9 Å². The highest BCUT2D eigenvalue weighted by molar-refractivity contribution is 6.34. The van der Waals surface area contributed by atoms with E-state index in [4.69, 9.17) is 11.6 Å². The summed E-state index contributed by atoms with van der Waals surface area (Å²) < 4.78 is 0. The van der Waals surface area contributed by atoms with Gasteiger partial charge in [-0.2, -0.15) is 0 Å². The number of piperidine rings is 1. The molecule has 0 unspecified atom stereocenters. The first kappa shape index (κ1) is 20.3. The Kier molecular flexibility index (Phi) is 6.65. The van der Waals surface area contributed by atoms with Crippen LogP contribution >= 0.6 is 11.6 Å². The van der Waals surface area contributed by atoms with Crippen molar-refractivity contribution in [3.05, 3.63) is 74.3 Å². The normalized spacial score (nSPS) is 15.4. The molecule has 0 bridgehead atoms. The average molecular weight is 402 g/mol. The molecule has 2 aromatic rings. The summed E-state index contributed by atoms with van der Waals surface area (Å²) in [5, 5.41) is 13.7. The van der Waals surface area contributed by atoms with Crippen molar-refractivity contribution < 1.29 is 9.72 Å². The summed E-state index contributed by atoms with van der Waals surface area (Å²) in [4.78, 5) is 25.1. The summed E-state index contributed by atoms with van der Waals surface area (Å²) >= 11 is 6.02. The second-order valence-corrected chi connectivity index (χ2v) is 7.79. The van der Waals surface area contributed by atoms with Gasteiger partial charge in [0.1, 0.15) is 0 Å². The van der Waals surface area contributed by atoms with Gasteiger partial charge in [-0.05, 0) is 49.0 Å². The van der Waals surface area contributed by atoms with Gasteiger partial charge in [0.15, 0.2) is 0 Å². The number of nitrogens with zero attached hydrogens (tertiary/aromatic N) is 2. The Bertz CT molecular complexity index is 864. The van der Waals surface area contributed by atoms with E-state index in [-0.39, 0.29) is 22.2 Å². The molecule has 148 valence electrons. The van der Waals surface area contributed by atoms with Crippen LogP contribution in [0.2, 0.25) is 5.02 Å². The number of carbonyl (C=O) groups excluding carboxylic acids is 1. The van der Waals surface area contributed by atoms with Gasteiger partial charge >= 0.3 is 0 Å². The van der Waals surface area contributed by atoms with E-state index in [0.717, 1.165) is 31.1 Å². The highest BCUT2D eigenvalue weighted by Gasteiger charge is 2.16. The van der Waals surface area contributed by atoms with Crippen molar-refractivity contribution in [2.45, 2.75) is 32.9 Å². The molecule has 1 N–H and O–H groups in total. The topological polar surface area (TPSA) is 75.5 Å². The number of hydrogen-bond donors (Lipinski definition) is 1. The molecule has 1 amide bonds. The summed E-state index contributed by atoms with van der Waals surface area (Å²) in [5.74, 6) is 0.458. The van der Waals surface area contributed by atoms with Crippen molar-refractivity contribution in [3.63, 3.8) is 0 Å². The van der Waals surface area contributed by atoms with Crippen LogP contribution in [0.3, 0.4) is 0 Å². The number of non-ortho nitro benzene ring substituents is 1. The molecule has 0 saturated carbocycles. The van der Waals surface area contributed by atoms with Gasteiger partial charge in [0, 0.05) is 25.2 Å². The lowest BCUT2D eigenvalue weighted by Crippen LogP contribution is -2.32. The summed E-state index contributed by atoms with van der Waals surface area (Å²) in [6, 6.07) is 12.0. The molecule has 0 aromatic heterocycles. The van der Waals surface area contributed by atoms with Crippen molar-refractivity contribution in [3.8, 4) is 0 Å². The molecular weight excluding hydrogens is 378 g/mol. The lowest BCUT2D eigenvalue weighted by molar-refractivity contribution is -0.384. The minimum atomic E-state index is -0.540. The number of amides is 1. The number of carbonyl (C=O) groups is 1. The SMILES string of the molecule is CC1CCN(Cc2cccc(CNC(=O)c3ccc([N+](=O)[O-])cc3Cl)c2)CC1. The van der Waals surface area contributed by atoms with Crippen LogP contribution in [0.15, 0.2) is 42.5 Å². The smallest absolute Gasteiger partial charge is 0.270 e. The van der Waals surface area contributed by atoms with Gasteiger partial charge in [-0.3, -0.25) is 19.8 Å². The Morgan fingerprint density at radius 1 is 1.21 bits per heavy atom. The quantitative estimate of drug-likeness (QED) is 0.574. The summed E-state index contributed by atoms with van der Waals surface area (Å²) in [6.45, 7) is 5.85. The van der Waals surface area contributed by atoms with Crippen molar-refractivity contribution in [2.24, 2.45) is 5.92 Å². The van der Waals surface area contributed by atoms with Crippen molar-refractivity contribution in [1.82, 2.24) is 10.2 Å². The zero-order valence-electron chi connectivity index (χ0n) is 15.9. The van der Waals surface area contributed by atoms with Crippen LogP contribution in [0, 0.1) is 16.0 Å². The fraction of sp³-hybridized carbons (Fsp3) is 0.381. The minimum Gasteiger partial charge on any atom is -0.348 e. The van der Waals surface area contributed by atoms with Gasteiger partial charge < -0.3 is 5.32 Å². The maximum atomic E-state index is 12.4. The zero-order valence-corrected chi connectivity index (χ0v) is 16.6. The van der Waals surface area contributed by atoms with Crippen LogP contribution in [0.5, 0.6) is 0 Å². The van der Waals surface area contributed by atoms with Gasteiger partial charge in [-0.25, -0.2) is 0 Å². The van der Waals surface area contributed by atoms with Crippen molar-refractivity contribution in [2.75, 3.05) is 13.1 Å². The van der Waals surface area contributed by atoms with Crippen LogP contribution in [0.4, 0.5) is 5.69 Å². The van der Waals surface area contributed by atoms with Crippen molar-refractivity contribution >= 4 is 23.2 Å². The molecule has 2 aromatic carbocycles. The van der Waals surface area contributed by atoms with E-state index < -0.39 is 4.92 Å². The van der Waals surface area contributed by atoms with Gasteiger partial charge in [-0.1, -0.05) is 42.8 Å². The Morgan fingerprint density at radius 2 is 1.93 bits per heavy atom. The summed E-state index contributed by atoms with van der Waals surface area (Å²) in [7, 11) is 0. The van der Waals surface area contributed by atoms with Crippen LogP contribution in [0.25, 0.3) is 0 Å². The first-order chi connectivity index (χ1) is 13.4. The first-order valence-electron chi connectivity index (χ1n) is 9.44. The fourth-order valence-corrected chi connectivity index (χ4v) is 3.66. The molecule has 0 aliphatic carbocycles. The number of likely N-dealkylation sites (tertiary alicyclic amines) is 1. The number of nitro groups is 1. The van der Waals surface area contributed by atoms with Gasteiger partial charge in [0.05, 0.1) is 15.5 Å². The molecular formula is C21H24ClN3O3. The Morgan fingerprint density at radius 3 is 2.61 bits per heavy atom. The van der Waals surface area contributed by atoms with Crippen LogP contribution in [0.1, 0.15) is 41.3 Å². The van der Waals surface area contributed by atoms with E-state index in [0.29, 0.717) is 6.54 Å². The number of benzene rings is 2. The Labute approximate surface area is 169 Å². The lowest BCUT2D eigenvalue weighted by atomic mass is 9.98. The standard InChI is InChI=1S/C21H24ClN3O3/c1-15-7-9-24(10-8-15)14-17-4-2-3-16(11-17)13-23-21(26)19-6-5-18(25(27)28)12-20(19)22/h2-6,11-12,15H,7-10,13-14H2,1H3,(H,23,26). The summed E-state index contributed by atoms with van der Waals surface area (Å²) in [6.07, 6.45) is 2.48. The maximum absolute atomic E-state index is 12.4. The van der Waals surface area contributed by atoms with Crippen molar-refractivity contribution in [1.29, 1.82) is 0 Å². The van der Waals surface area contributed by atoms with Gasteiger partial charge in [-0.15, -0.1) is 0 Å². The molecule has 0 atom stereocenters. The number of hydrogen-bond acceptors (Lipinski definition) is 4. The lowest BCUT2D eigenvalue weighted by Gasteiger charge is -2.30.